The maximum atomic E-state index is 5.78. The minimum absolute atomic E-state index is 0.294. The van der Waals surface area contributed by atoms with Gasteiger partial charge in [0.1, 0.15) is 0 Å². The molecule has 1 saturated heterocycles. The Balaban J connectivity index is 1.92. The Morgan fingerprint density at radius 3 is 2.82 bits per heavy atom. The molecule has 64 valence electrons. The van der Waals surface area contributed by atoms with Gasteiger partial charge in [0.05, 0.1) is 5.60 Å². The number of rotatable bonds is 1. The summed E-state index contributed by atoms with van der Waals surface area (Å²) >= 11 is 0. The van der Waals surface area contributed by atoms with Crippen LogP contribution in [0.5, 0.6) is 0 Å². The zero-order chi connectivity index (χ0) is 7.73. The van der Waals surface area contributed by atoms with Gasteiger partial charge in [0.2, 0.25) is 0 Å². The quantitative estimate of drug-likeness (QED) is 0.619. The molecule has 2 N–H and O–H groups in total. The molecule has 1 aliphatic heterocycles. The van der Waals surface area contributed by atoms with Crippen LogP contribution in [0.25, 0.3) is 0 Å². The summed E-state index contributed by atoms with van der Waals surface area (Å²) in [4.78, 5) is 0. The topological polar surface area (TPSA) is 35.2 Å². The fraction of sp³-hybridized carbons (Fsp3) is 1.00. The van der Waals surface area contributed by atoms with Crippen LogP contribution in [-0.2, 0) is 4.74 Å². The highest BCUT2D eigenvalue weighted by Crippen LogP contribution is 2.43. The maximum absolute atomic E-state index is 5.78. The van der Waals surface area contributed by atoms with E-state index in [0.717, 1.165) is 19.1 Å². The lowest BCUT2D eigenvalue weighted by Crippen LogP contribution is -2.46. The lowest BCUT2D eigenvalue weighted by Gasteiger charge is -2.47. The van der Waals surface area contributed by atoms with Gasteiger partial charge in [0, 0.05) is 6.61 Å². The minimum atomic E-state index is 0.294. The average molecular weight is 155 g/mol. The molecular formula is C9H17NO. The van der Waals surface area contributed by atoms with Crippen LogP contribution in [-0.4, -0.2) is 18.8 Å². The summed E-state index contributed by atoms with van der Waals surface area (Å²) in [5.41, 5.74) is 5.94. The van der Waals surface area contributed by atoms with Gasteiger partial charge in [-0.1, -0.05) is 0 Å². The van der Waals surface area contributed by atoms with E-state index in [0.29, 0.717) is 5.60 Å². The first-order valence-electron chi connectivity index (χ1n) is 4.69. The van der Waals surface area contributed by atoms with Crippen LogP contribution >= 0.6 is 0 Å². The molecule has 0 bridgehead atoms. The Bertz CT molecular complexity index is 142. The lowest BCUT2D eigenvalue weighted by atomic mass is 9.72. The molecule has 2 fully saturated rings. The molecule has 2 heteroatoms. The van der Waals surface area contributed by atoms with Gasteiger partial charge in [0.15, 0.2) is 0 Å². The molecule has 0 radical (unpaired) electrons. The highest BCUT2D eigenvalue weighted by molar-refractivity contribution is 4.93. The molecule has 0 aromatic carbocycles. The molecule has 0 aromatic rings. The molecule has 1 heterocycles. The monoisotopic (exact) mass is 155 g/mol. The van der Waals surface area contributed by atoms with Crippen LogP contribution in [0.2, 0.25) is 0 Å². The molecule has 0 amide bonds. The van der Waals surface area contributed by atoms with Crippen molar-refractivity contribution in [2.45, 2.75) is 37.7 Å². The Kier molecular flexibility index (Phi) is 1.90. The third kappa shape index (κ3) is 1.30. The van der Waals surface area contributed by atoms with Crippen molar-refractivity contribution in [2.24, 2.45) is 11.7 Å². The second-order valence-corrected chi connectivity index (χ2v) is 3.98. The van der Waals surface area contributed by atoms with Crippen molar-refractivity contribution in [3.05, 3.63) is 0 Å². The van der Waals surface area contributed by atoms with Crippen LogP contribution < -0.4 is 5.73 Å². The summed E-state index contributed by atoms with van der Waals surface area (Å²) < 4.78 is 5.78. The average Bonchev–Trinajstić information content (AvgIpc) is 2.02. The van der Waals surface area contributed by atoms with E-state index in [1.165, 1.54) is 32.1 Å². The van der Waals surface area contributed by atoms with E-state index >= 15 is 0 Å². The Morgan fingerprint density at radius 2 is 2.27 bits per heavy atom. The predicted molar refractivity (Wildman–Crippen MR) is 44.3 cm³/mol. The molecule has 0 aromatic heterocycles. The van der Waals surface area contributed by atoms with Gasteiger partial charge in [-0.25, -0.2) is 0 Å². The van der Waals surface area contributed by atoms with Crippen LogP contribution in [0.1, 0.15) is 32.1 Å². The van der Waals surface area contributed by atoms with E-state index in [4.69, 9.17) is 10.5 Å². The molecular weight excluding hydrogens is 138 g/mol. The number of nitrogens with two attached hydrogens (primary N) is 1. The van der Waals surface area contributed by atoms with Crippen molar-refractivity contribution in [2.75, 3.05) is 13.2 Å². The first-order chi connectivity index (χ1) is 5.35. The molecule has 1 spiro atoms. The largest absolute Gasteiger partial charge is 0.375 e. The minimum Gasteiger partial charge on any atom is -0.375 e. The zero-order valence-electron chi connectivity index (χ0n) is 7.01. The summed E-state index contributed by atoms with van der Waals surface area (Å²) in [5.74, 6) is 0.740. The summed E-state index contributed by atoms with van der Waals surface area (Å²) in [6.45, 7) is 1.80. The number of hydrogen-bond donors (Lipinski definition) is 1. The number of hydrogen-bond acceptors (Lipinski definition) is 2. The van der Waals surface area contributed by atoms with Crippen molar-refractivity contribution in [3.8, 4) is 0 Å². The highest BCUT2D eigenvalue weighted by atomic mass is 16.5. The Hall–Kier alpha value is -0.0800. The maximum Gasteiger partial charge on any atom is 0.0685 e. The molecule has 1 aliphatic carbocycles. The van der Waals surface area contributed by atoms with Gasteiger partial charge in [-0.2, -0.15) is 0 Å². The third-order valence-corrected chi connectivity index (χ3v) is 3.19. The molecule has 11 heavy (non-hydrogen) atoms. The molecule has 0 unspecified atom stereocenters. The van der Waals surface area contributed by atoms with Crippen LogP contribution in [0.15, 0.2) is 0 Å². The molecule has 2 nitrogen and oxygen atoms in total. The Morgan fingerprint density at radius 1 is 1.45 bits per heavy atom. The van der Waals surface area contributed by atoms with Gasteiger partial charge >= 0.3 is 0 Å². The van der Waals surface area contributed by atoms with Crippen molar-refractivity contribution in [1.29, 1.82) is 0 Å². The van der Waals surface area contributed by atoms with Gasteiger partial charge in [-0.3, -0.25) is 0 Å². The fourth-order valence-corrected chi connectivity index (χ4v) is 2.25. The van der Waals surface area contributed by atoms with Crippen LogP contribution in [0.3, 0.4) is 0 Å². The van der Waals surface area contributed by atoms with E-state index < -0.39 is 0 Å². The fourth-order valence-electron chi connectivity index (χ4n) is 2.25. The standard InChI is InChI=1S/C9H17NO/c10-7-8-2-5-11-9(6-8)3-1-4-9/h8H,1-7,10H2/t8-/m0/s1. The smallest absolute Gasteiger partial charge is 0.0685 e. The second-order valence-electron chi connectivity index (χ2n) is 3.98. The number of ether oxygens (including phenoxy) is 1. The Labute approximate surface area is 68.1 Å². The molecule has 2 rings (SSSR count). The lowest BCUT2D eigenvalue weighted by molar-refractivity contribution is -0.142. The molecule has 1 atom stereocenters. The van der Waals surface area contributed by atoms with E-state index in [9.17, 15) is 0 Å². The third-order valence-electron chi connectivity index (χ3n) is 3.19. The van der Waals surface area contributed by atoms with Gasteiger partial charge in [0.25, 0.3) is 0 Å². The first kappa shape index (κ1) is 7.56. The van der Waals surface area contributed by atoms with Gasteiger partial charge < -0.3 is 10.5 Å². The normalized spacial score (nSPS) is 35.2. The van der Waals surface area contributed by atoms with Gasteiger partial charge in [-0.15, -0.1) is 0 Å². The zero-order valence-corrected chi connectivity index (χ0v) is 7.01. The summed E-state index contributed by atoms with van der Waals surface area (Å²) in [5, 5.41) is 0. The van der Waals surface area contributed by atoms with Crippen molar-refractivity contribution in [1.82, 2.24) is 0 Å². The molecule has 1 saturated carbocycles. The van der Waals surface area contributed by atoms with E-state index in [2.05, 4.69) is 0 Å². The van der Waals surface area contributed by atoms with Crippen LogP contribution in [0, 0.1) is 5.92 Å². The van der Waals surface area contributed by atoms with E-state index in [1.807, 2.05) is 0 Å². The van der Waals surface area contributed by atoms with Crippen LogP contribution in [0.4, 0.5) is 0 Å². The predicted octanol–water partition coefficient (Wildman–Crippen LogP) is 1.29. The second kappa shape index (κ2) is 2.76. The van der Waals surface area contributed by atoms with Crippen molar-refractivity contribution in [3.63, 3.8) is 0 Å². The molecule has 2 aliphatic rings. The summed E-state index contributed by atoms with van der Waals surface area (Å²) in [6, 6.07) is 0. The first-order valence-corrected chi connectivity index (χ1v) is 4.69. The van der Waals surface area contributed by atoms with E-state index in [1.54, 1.807) is 0 Å². The van der Waals surface area contributed by atoms with Crippen molar-refractivity contribution >= 4 is 0 Å². The SMILES string of the molecule is NC[C@H]1CCOC2(CCC2)C1. The van der Waals surface area contributed by atoms with Crippen molar-refractivity contribution < 1.29 is 4.74 Å². The van der Waals surface area contributed by atoms with Gasteiger partial charge in [-0.05, 0) is 44.6 Å². The summed E-state index contributed by atoms with van der Waals surface area (Å²) in [6.07, 6.45) is 6.33. The van der Waals surface area contributed by atoms with E-state index in [-0.39, 0.29) is 0 Å². The highest BCUT2D eigenvalue weighted by Gasteiger charge is 2.41. The summed E-state index contributed by atoms with van der Waals surface area (Å²) in [7, 11) is 0.